The van der Waals surface area contributed by atoms with Crippen LogP contribution in [0, 0.1) is 5.92 Å². The molecule has 2 aromatic heterocycles. The summed E-state index contributed by atoms with van der Waals surface area (Å²) in [5.41, 5.74) is 0. The number of nitrogens with zero attached hydrogens (tertiary/aromatic N) is 7. The Morgan fingerprint density at radius 2 is 1.85 bits per heavy atom. The molecule has 3 heterocycles. The first-order valence-corrected chi connectivity index (χ1v) is 9.45. The lowest BCUT2D eigenvalue weighted by atomic mass is 9.97. The monoisotopic (exact) mass is 380 g/mol. The van der Waals surface area contributed by atoms with Crippen LogP contribution in [0.4, 0.5) is 5.95 Å². The van der Waals surface area contributed by atoms with Crippen molar-refractivity contribution in [2.45, 2.75) is 12.8 Å². The second-order valence-corrected chi connectivity index (χ2v) is 8.14. The highest BCUT2D eigenvalue weighted by atomic mass is 32.2. The largest absolute Gasteiger partial charge is 0.294 e. The zero-order valence-corrected chi connectivity index (χ0v) is 15.3. The van der Waals surface area contributed by atoms with Gasteiger partial charge in [0, 0.05) is 45.5 Å². The molecule has 0 radical (unpaired) electrons. The number of carbonyl (C=O) groups excluding carboxylic acids is 1. The molecule has 3 rings (SSSR count). The number of anilines is 1. The summed E-state index contributed by atoms with van der Waals surface area (Å²) in [4.78, 5) is 24.7. The zero-order valence-electron chi connectivity index (χ0n) is 14.5. The van der Waals surface area contributed by atoms with Crippen molar-refractivity contribution in [3.8, 4) is 5.95 Å². The van der Waals surface area contributed by atoms with Gasteiger partial charge in [-0.2, -0.15) is 31.8 Å². The molecule has 12 heteroatoms. The van der Waals surface area contributed by atoms with Crippen LogP contribution in [-0.4, -0.2) is 74.9 Å². The van der Waals surface area contributed by atoms with Crippen LogP contribution >= 0.6 is 0 Å². The molecule has 140 valence electrons. The summed E-state index contributed by atoms with van der Waals surface area (Å²) in [7, 11) is -0.464. The first kappa shape index (κ1) is 18.4. The minimum Gasteiger partial charge on any atom is -0.294 e. The van der Waals surface area contributed by atoms with E-state index in [4.69, 9.17) is 0 Å². The second-order valence-electron chi connectivity index (χ2n) is 6.00. The number of carbonyl (C=O) groups is 1. The van der Waals surface area contributed by atoms with Crippen molar-refractivity contribution < 1.29 is 13.2 Å². The molecule has 2 aromatic rings. The van der Waals surface area contributed by atoms with Crippen LogP contribution in [0.1, 0.15) is 12.8 Å². The van der Waals surface area contributed by atoms with E-state index in [0.717, 1.165) is 0 Å². The fourth-order valence-electron chi connectivity index (χ4n) is 2.67. The molecule has 0 aromatic carbocycles. The maximum atomic E-state index is 12.5. The summed E-state index contributed by atoms with van der Waals surface area (Å²) in [6, 6.07) is 1.67. The maximum absolute atomic E-state index is 12.5. The van der Waals surface area contributed by atoms with E-state index in [9.17, 15) is 13.2 Å². The molecule has 1 saturated heterocycles. The Balaban J connectivity index is 1.64. The van der Waals surface area contributed by atoms with Gasteiger partial charge in [-0.25, -0.2) is 9.97 Å². The molecule has 1 fully saturated rings. The van der Waals surface area contributed by atoms with Crippen molar-refractivity contribution in [3.63, 3.8) is 0 Å². The summed E-state index contributed by atoms with van der Waals surface area (Å²) in [6.07, 6.45) is 5.31. The van der Waals surface area contributed by atoms with Crippen LogP contribution in [0.15, 0.2) is 24.8 Å². The molecule has 1 aliphatic heterocycles. The van der Waals surface area contributed by atoms with Crippen LogP contribution < -0.4 is 5.32 Å². The summed E-state index contributed by atoms with van der Waals surface area (Å²) in [5, 5.41) is 6.75. The van der Waals surface area contributed by atoms with Crippen molar-refractivity contribution in [1.29, 1.82) is 0 Å². The number of rotatable bonds is 5. The quantitative estimate of drug-likeness (QED) is 0.742. The number of nitrogens with one attached hydrogen (secondary N) is 1. The Morgan fingerprint density at radius 3 is 2.46 bits per heavy atom. The molecule has 26 heavy (non-hydrogen) atoms. The normalized spacial score (nSPS) is 16.7. The molecule has 0 atom stereocenters. The van der Waals surface area contributed by atoms with Crippen molar-refractivity contribution in [2.75, 3.05) is 32.5 Å². The van der Waals surface area contributed by atoms with Gasteiger partial charge in [0.15, 0.2) is 0 Å². The van der Waals surface area contributed by atoms with Gasteiger partial charge >= 0.3 is 0 Å². The third kappa shape index (κ3) is 3.71. The van der Waals surface area contributed by atoms with E-state index in [2.05, 4.69) is 25.4 Å². The van der Waals surface area contributed by atoms with Gasteiger partial charge in [0.1, 0.15) is 6.33 Å². The van der Waals surface area contributed by atoms with Crippen LogP contribution in [0.5, 0.6) is 0 Å². The Morgan fingerprint density at radius 1 is 1.19 bits per heavy atom. The fourth-order valence-corrected chi connectivity index (χ4v) is 3.80. The minimum absolute atomic E-state index is 0.225. The smallest absolute Gasteiger partial charge is 0.281 e. The predicted octanol–water partition coefficient (Wildman–Crippen LogP) is -0.486. The zero-order chi connectivity index (χ0) is 18.7. The van der Waals surface area contributed by atoms with Gasteiger partial charge in [-0.05, 0) is 18.9 Å². The molecule has 0 saturated carbocycles. The maximum Gasteiger partial charge on any atom is 0.281 e. The molecule has 11 nitrogen and oxygen atoms in total. The van der Waals surface area contributed by atoms with Crippen molar-refractivity contribution >= 4 is 22.1 Å². The predicted molar refractivity (Wildman–Crippen MR) is 92.5 cm³/mol. The van der Waals surface area contributed by atoms with E-state index in [-0.39, 0.29) is 17.8 Å². The average molecular weight is 380 g/mol. The van der Waals surface area contributed by atoms with E-state index < -0.39 is 10.2 Å². The molecule has 1 aliphatic rings. The molecule has 1 amide bonds. The first-order valence-electron chi connectivity index (χ1n) is 8.05. The molecule has 0 aliphatic carbocycles. The fraction of sp³-hybridized carbons (Fsp3) is 0.500. The average Bonchev–Trinajstić information content (AvgIpc) is 3.10. The number of amides is 1. The molecular weight excluding hydrogens is 360 g/mol. The van der Waals surface area contributed by atoms with Crippen LogP contribution in [0.25, 0.3) is 5.95 Å². The Hall–Kier alpha value is -2.44. The summed E-state index contributed by atoms with van der Waals surface area (Å²) in [5.74, 6) is -0.000672. The number of aromatic nitrogens is 5. The van der Waals surface area contributed by atoms with Crippen LogP contribution in [0.3, 0.4) is 0 Å². The highest BCUT2D eigenvalue weighted by Gasteiger charge is 2.32. The van der Waals surface area contributed by atoms with Crippen molar-refractivity contribution in [3.05, 3.63) is 24.8 Å². The summed E-state index contributed by atoms with van der Waals surface area (Å²) >= 11 is 0. The van der Waals surface area contributed by atoms with Crippen LogP contribution in [0.2, 0.25) is 0 Å². The molecule has 0 spiro atoms. The molecule has 0 unspecified atom stereocenters. The molecular formula is C14H20N8O3S. The Labute approximate surface area is 151 Å². The third-order valence-electron chi connectivity index (χ3n) is 4.14. The second kappa shape index (κ2) is 7.43. The molecule has 1 N–H and O–H groups in total. The van der Waals surface area contributed by atoms with E-state index in [1.165, 1.54) is 33.7 Å². The van der Waals surface area contributed by atoms with Gasteiger partial charge in [-0.15, -0.1) is 0 Å². The lowest BCUT2D eigenvalue weighted by molar-refractivity contribution is -0.121. The van der Waals surface area contributed by atoms with Gasteiger partial charge in [0.25, 0.3) is 16.2 Å². The number of hydrogen-bond acceptors (Lipinski definition) is 7. The molecule has 0 bridgehead atoms. The van der Waals surface area contributed by atoms with Gasteiger partial charge in [-0.3, -0.25) is 10.1 Å². The van der Waals surface area contributed by atoms with E-state index in [1.807, 2.05) is 0 Å². The highest BCUT2D eigenvalue weighted by Crippen LogP contribution is 2.22. The van der Waals surface area contributed by atoms with Gasteiger partial charge < -0.3 is 0 Å². The van der Waals surface area contributed by atoms with Crippen molar-refractivity contribution in [1.82, 2.24) is 33.3 Å². The number of piperidine rings is 1. The lowest BCUT2D eigenvalue weighted by Crippen LogP contribution is -2.46. The first-order chi connectivity index (χ1) is 12.4. The van der Waals surface area contributed by atoms with E-state index >= 15 is 0 Å². The lowest BCUT2D eigenvalue weighted by Gasteiger charge is -2.32. The van der Waals surface area contributed by atoms with E-state index in [0.29, 0.717) is 31.9 Å². The minimum atomic E-state index is -3.45. The Bertz CT molecular complexity index is 859. The standard InChI is InChI=1S/C14H20N8O3S/c1-20(2)26(24,25)21-8-4-11(5-9-21)12(23)19-14-17-10-18-22(14)13-15-6-3-7-16-13/h3,6-7,10-11H,4-5,8-9H2,1-2H3,(H,17,18,19,23). The summed E-state index contributed by atoms with van der Waals surface area (Å²) < 4.78 is 28.2. The van der Waals surface area contributed by atoms with Gasteiger partial charge in [0.2, 0.25) is 11.9 Å². The Kier molecular flexibility index (Phi) is 5.25. The van der Waals surface area contributed by atoms with Gasteiger partial charge in [-0.1, -0.05) is 0 Å². The topological polar surface area (TPSA) is 126 Å². The van der Waals surface area contributed by atoms with Crippen molar-refractivity contribution in [2.24, 2.45) is 5.92 Å². The van der Waals surface area contributed by atoms with E-state index in [1.54, 1.807) is 18.5 Å². The number of hydrogen-bond donors (Lipinski definition) is 1. The third-order valence-corrected chi connectivity index (χ3v) is 6.08. The summed E-state index contributed by atoms with van der Waals surface area (Å²) in [6.45, 7) is 0.597. The SMILES string of the molecule is CN(C)S(=O)(=O)N1CCC(C(=O)Nc2ncnn2-c2ncccn2)CC1. The highest BCUT2D eigenvalue weighted by molar-refractivity contribution is 7.86. The van der Waals surface area contributed by atoms with Gasteiger partial charge in [0.05, 0.1) is 0 Å². The van der Waals surface area contributed by atoms with Crippen LogP contribution in [-0.2, 0) is 15.0 Å².